The SMILES string of the molecule is CCc1nsc(N2CCN(C(=NC)NCC3CCCN(C(C)C)C3)CC2)n1.I. The zero-order valence-electron chi connectivity index (χ0n) is 17.7. The van der Waals surface area contributed by atoms with Crippen LogP contribution in [0.2, 0.25) is 0 Å². The van der Waals surface area contributed by atoms with Crippen molar-refractivity contribution in [1.29, 1.82) is 0 Å². The Morgan fingerprint density at radius 3 is 2.61 bits per heavy atom. The second-order valence-corrected chi connectivity index (χ2v) is 8.58. The fourth-order valence-corrected chi connectivity index (χ4v) is 4.73. The first kappa shape index (κ1) is 23.6. The number of nitrogens with zero attached hydrogens (tertiary/aromatic N) is 6. The molecule has 1 aromatic rings. The van der Waals surface area contributed by atoms with Crippen molar-refractivity contribution in [2.45, 2.75) is 46.1 Å². The molecular formula is C19H36IN7S. The standard InChI is InChI=1S/C19H35N7S.HI/c1-5-17-22-19(27-23-17)25-11-9-24(10-12-25)18(20-4)21-13-16-7-6-8-26(14-16)15(2)3;/h15-16H,5-14H2,1-4H3,(H,20,21);1H. The van der Waals surface area contributed by atoms with Crippen LogP contribution in [0.15, 0.2) is 4.99 Å². The second kappa shape index (κ2) is 11.5. The second-order valence-electron chi connectivity index (χ2n) is 7.85. The third kappa shape index (κ3) is 6.16. The van der Waals surface area contributed by atoms with E-state index >= 15 is 0 Å². The highest BCUT2D eigenvalue weighted by Crippen LogP contribution is 2.20. The predicted octanol–water partition coefficient (Wildman–Crippen LogP) is 2.54. The summed E-state index contributed by atoms with van der Waals surface area (Å²) in [5.41, 5.74) is 0. The molecule has 160 valence electrons. The molecule has 0 radical (unpaired) electrons. The average Bonchev–Trinajstić information content (AvgIpc) is 3.18. The minimum absolute atomic E-state index is 0. The van der Waals surface area contributed by atoms with Crippen LogP contribution in [0.3, 0.4) is 0 Å². The number of likely N-dealkylation sites (tertiary alicyclic amines) is 1. The van der Waals surface area contributed by atoms with Crippen LogP contribution < -0.4 is 10.2 Å². The van der Waals surface area contributed by atoms with Gasteiger partial charge in [0.05, 0.1) is 0 Å². The molecule has 0 bridgehead atoms. The number of guanidine groups is 1. The molecule has 0 aromatic carbocycles. The van der Waals surface area contributed by atoms with E-state index in [0.717, 1.165) is 56.1 Å². The molecule has 28 heavy (non-hydrogen) atoms. The summed E-state index contributed by atoms with van der Waals surface area (Å²) in [5, 5.41) is 4.70. The van der Waals surface area contributed by atoms with Crippen LogP contribution in [0, 0.1) is 5.92 Å². The summed E-state index contributed by atoms with van der Waals surface area (Å²) in [7, 11) is 1.90. The molecule has 3 rings (SSSR count). The number of hydrogen-bond acceptors (Lipinski definition) is 6. The Balaban J connectivity index is 0.00000280. The van der Waals surface area contributed by atoms with E-state index in [9.17, 15) is 0 Å². The molecular weight excluding hydrogens is 485 g/mol. The summed E-state index contributed by atoms with van der Waals surface area (Å²) in [6.07, 6.45) is 3.53. The number of anilines is 1. The molecule has 0 amide bonds. The summed E-state index contributed by atoms with van der Waals surface area (Å²) in [6.45, 7) is 14.1. The first-order chi connectivity index (χ1) is 13.1. The van der Waals surface area contributed by atoms with Crippen molar-refractivity contribution in [1.82, 2.24) is 24.5 Å². The van der Waals surface area contributed by atoms with Crippen molar-refractivity contribution in [3.05, 3.63) is 5.82 Å². The molecule has 1 N–H and O–H groups in total. The van der Waals surface area contributed by atoms with Crippen molar-refractivity contribution < 1.29 is 0 Å². The fourth-order valence-electron chi connectivity index (χ4n) is 3.93. The van der Waals surface area contributed by atoms with E-state index in [1.165, 1.54) is 37.5 Å². The lowest BCUT2D eigenvalue weighted by Gasteiger charge is -2.38. The zero-order chi connectivity index (χ0) is 19.2. The van der Waals surface area contributed by atoms with Gasteiger partial charge >= 0.3 is 0 Å². The number of rotatable bonds is 5. The number of nitrogens with one attached hydrogen (secondary N) is 1. The van der Waals surface area contributed by atoms with Gasteiger partial charge in [0.2, 0.25) is 5.13 Å². The first-order valence-corrected chi connectivity index (χ1v) is 11.1. The fraction of sp³-hybridized carbons (Fsp3) is 0.842. The summed E-state index contributed by atoms with van der Waals surface area (Å²) >= 11 is 1.52. The van der Waals surface area contributed by atoms with Gasteiger partial charge in [0.1, 0.15) is 5.82 Å². The van der Waals surface area contributed by atoms with E-state index in [-0.39, 0.29) is 24.0 Å². The van der Waals surface area contributed by atoms with E-state index in [0.29, 0.717) is 12.0 Å². The largest absolute Gasteiger partial charge is 0.356 e. The molecule has 3 heterocycles. The van der Waals surface area contributed by atoms with Gasteiger partial charge in [0.25, 0.3) is 0 Å². The average molecular weight is 522 g/mol. The normalized spacial score (nSPS) is 21.8. The number of aryl methyl sites for hydroxylation is 1. The van der Waals surface area contributed by atoms with E-state index in [1.54, 1.807) is 0 Å². The van der Waals surface area contributed by atoms with Crippen LogP contribution in [-0.4, -0.2) is 84.0 Å². The van der Waals surface area contributed by atoms with Crippen LogP contribution >= 0.6 is 35.5 Å². The topological polar surface area (TPSA) is 59.9 Å². The van der Waals surface area contributed by atoms with Gasteiger partial charge < -0.3 is 20.0 Å². The molecule has 0 saturated carbocycles. The number of aromatic nitrogens is 2. The molecule has 2 aliphatic heterocycles. The van der Waals surface area contributed by atoms with Crippen LogP contribution in [0.4, 0.5) is 5.13 Å². The van der Waals surface area contributed by atoms with Gasteiger partial charge in [-0.25, -0.2) is 4.98 Å². The smallest absolute Gasteiger partial charge is 0.205 e. The van der Waals surface area contributed by atoms with Crippen LogP contribution in [0.5, 0.6) is 0 Å². The van der Waals surface area contributed by atoms with Gasteiger partial charge in [-0.1, -0.05) is 6.92 Å². The Morgan fingerprint density at radius 2 is 2.00 bits per heavy atom. The number of aliphatic imine (C=N–C) groups is 1. The van der Waals surface area contributed by atoms with Crippen LogP contribution in [0.25, 0.3) is 0 Å². The maximum absolute atomic E-state index is 4.63. The molecule has 1 unspecified atom stereocenters. The molecule has 2 aliphatic rings. The van der Waals surface area contributed by atoms with Gasteiger partial charge in [0, 0.05) is 70.3 Å². The van der Waals surface area contributed by atoms with Crippen molar-refractivity contribution in [2.75, 3.05) is 57.8 Å². The van der Waals surface area contributed by atoms with E-state index < -0.39 is 0 Å². The number of hydrogen-bond donors (Lipinski definition) is 1. The first-order valence-electron chi connectivity index (χ1n) is 10.4. The molecule has 9 heteroatoms. The van der Waals surface area contributed by atoms with Gasteiger partial charge in [-0.3, -0.25) is 4.99 Å². The molecule has 0 spiro atoms. The Labute approximate surface area is 191 Å². The third-order valence-electron chi connectivity index (χ3n) is 5.66. The number of piperidine rings is 1. The summed E-state index contributed by atoms with van der Waals surface area (Å²) in [4.78, 5) is 16.5. The maximum Gasteiger partial charge on any atom is 0.205 e. The van der Waals surface area contributed by atoms with E-state index in [2.05, 4.69) is 55.1 Å². The predicted molar refractivity (Wildman–Crippen MR) is 129 cm³/mol. The van der Waals surface area contributed by atoms with Gasteiger partial charge in [-0.05, 0) is 39.2 Å². The summed E-state index contributed by atoms with van der Waals surface area (Å²) in [6, 6.07) is 0.647. The van der Waals surface area contributed by atoms with Crippen molar-refractivity contribution in [3.63, 3.8) is 0 Å². The Hall–Kier alpha value is -0.680. The molecule has 0 aliphatic carbocycles. The monoisotopic (exact) mass is 521 g/mol. The molecule has 2 saturated heterocycles. The number of halogens is 1. The van der Waals surface area contributed by atoms with Crippen LogP contribution in [-0.2, 0) is 6.42 Å². The summed E-state index contributed by atoms with van der Waals surface area (Å²) < 4.78 is 4.42. The van der Waals surface area contributed by atoms with Gasteiger partial charge in [0.15, 0.2) is 5.96 Å². The molecule has 7 nitrogen and oxygen atoms in total. The van der Waals surface area contributed by atoms with E-state index in [4.69, 9.17) is 0 Å². The Bertz CT molecular complexity index is 613. The summed E-state index contributed by atoms with van der Waals surface area (Å²) in [5.74, 6) is 2.72. The Morgan fingerprint density at radius 1 is 1.25 bits per heavy atom. The zero-order valence-corrected chi connectivity index (χ0v) is 20.9. The molecule has 2 fully saturated rings. The van der Waals surface area contributed by atoms with Crippen molar-refractivity contribution >= 4 is 46.6 Å². The lowest BCUT2D eigenvalue weighted by molar-refractivity contribution is 0.140. The quantitative estimate of drug-likeness (QED) is 0.365. The lowest BCUT2D eigenvalue weighted by atomic mass is 9.97. The highest BCUT2D eigenvalue weighted by atomic mass is 127. The van der Waals surface area contributed by atoms with E-state index in [1.807, 2.05) is 7.05 Å². The highest BCUT2D eigenvalue weighted by Gasteiger charge is 2.24. The minimum Gasteiger partial charge on any atom is -0.356 e. The third-order valence-corrected chi connectivity index (χ3v) is 6.48. The Kier molecular flexibility index (Phi) is 9.68. The van der Waals surface area contributed by atoms with Crippen molar-refractivity contribution in [2.24, 2.45) is 10.9 Å². The number of piperazine rings is 1. The maximum atomic E-state index is 4.63. The molecule has 1 aromatic heterocycles. The van der Waals surface area contributed by atoms with Gasteiger partial charge in [-0.15, -0.1) is 24.0 Å². The lowest BCUT2D eigenvalue weighted by Crippen LogP contribution is -2.53. The minimum atomic E-state index is 0. The molecule has 1 atom stereocenters. The van der Waals surface area contributed by atoms with Crippen LogP contribution in [0.1, 0.15) is 39.4 Å². The van der Waals surface area contributed by atoms with Crippen molar-refractivity contribution in [3.8, 4) is 0 Å². The highest BCUT2D eigenvalue weighted by molar-refractivity contribution is 14.0. The van der Waals surface area contributed by atoms with Gasteiger partial charge in [-0.2, -0.15) is 4.37 Å².